The SMILES string of the molecule is CC1(C)c2ccccc2-c2ccc(-n3c4ccccc4c4cc(-c5ccc6c(c5)c5ccccc5n6-c5cccc(-c6ccc(-c7ccccc7)cc6)c5)ccc43)cc21. The number of fused-ring (bicyclic) bond motifs is 9. The average molecular weight is 753 g/mol. The van der Waals surface area contributed by atoms with E-state index in [-0.39, 0.29) is 5.41 Å². The highest BCUT2D eigenvalue weighted by Gasteiger charge is 2.35. The summed E-state index contributed by atoms with van der Waals surface area (Å²) >= 11 is 0. The summed E-state index contributed by atoms with van der Waals surface area (Å²) in [6.45, 7) is 4.72. The van der Waals surface area contributed by atoms with E-state index in [0.29, 0.717) is 0 Å². The van der Waals surface area contributed by atoms with E-state index in [1.165, 1.54) is 105 Å². The second-order valence-corrected chi connectivity index (χ2v) is 16.6. The molecule has 0 radical (unpaired) electrons. The van der Waals surface area contributed by atoms with E-state index in [0.717, 1.165) is 5.69 Å². The van der Waals surface area contributed by atoms with Crippen molar-refractivity contribution in [1.29, 1.82) is 0 Å². The zero-order chi connectivity index (χ0) is 39.2. The van der Waals surface area contributed by atoms with Crippen molar-refractivity contribution in [3.63, 3.8) is 0 Å². The van der Waals surface area contributed by atoms with E-state index in [1.807, 2.05) is 0 Å². The molecule has 0 saturated heterocycles. The van der Waals surface area contributed by atoms with Crippen molar-refractivity contribution in [2.75, 3.05) is 0 Å². The summed E-state index contributed by atoms with van der Waals surface area (Å²) in [7, 11) is 0. The van der Waals surface area contributed by atoms with E-state index in [1.54, 1.807) is 0 Å². The van der Waals surface area contributed by atoms with Crippen LogP contribution in [-0.4, -0.2) is 9.13 Å². The number of hydrogen-bond donors (Lipinski definition) is 0. The van der Waals surface area contributed by atoms with Crippen LogP contribution in [0.2, 0.25) is 0 Å². The molecule has 0 aliphatic heterocycles. The first kappa shape index (κ1) is 33.7. The Labute approximate surface area is 343 Å². The molecule has 2 nitrogen and oxygen atoms in total. The number of para-hydroxylation sites is 2. The van der Waals surface area contributed by atoms with Crippen LogP contribution in [0, 0.1) is 0 Å². The molecule has 0 fully saturated rings. The molecule has 2 heterocycles. The second kappa shape index (κ2) is 12.8. The lowest BCUT2D eigenvalue weighted by Gasteiger charge is -2.22. The summed E-state index contributed by atoms with van der Waals surface area (Å²) in [5, 5.41) is 5.03. The number of benzene rings is 9. The van der Waals surface area contributed by atoms with Crippen LogP contribution >= 0.6 is 0 Å². The van der Waals surface area contributed by atoms with Crippen LogP contribution in [0.5, 0.6) is 0 Å². The van der Waals surface area contributed by atoms with E-state index >= 15 is 0 Å². The predicted molar refractivity (Wildman–Crippen MR) is 249 cm³/mol. The van der Waals surface area contributed by atoms with Crippen molar-refractivity contribution in [3.05, 3.63) is 217 Å². The highest BCUT2D eigenvalue weighted by atomic mass is 15.0. The van der Waals surface area contributed by atoms with Gasteiger partial charge in [-0.25, -0.2) is 0 Å². The molecule has 0 unspecified atom stereocenters. The molecule has 1 aliphatic rings. The first-order valence-electron chi connectivity index (χ1n) is 20.6. The van der Waals surface area contributed by atoms with Gasteiger partial charge in [-0.2, -0.15) is 0 Å². The maximum absolute atomic E-state index is 2.45. The normalized spacial score (nSPS) is 13.1. The molecule has 2 heteroatoms. The van der Waals surface area contributed by atoms with Gasteiger partial charge < -0.3 is 9.13 Å². The molecule has 0 spiro atoms. The summed E-state index contributed by atoms with van der Waals surface area (Å²) in [6.07, 6.45) is 0. The van der Waals surface area contributed by atoms with Crippen LogP contribution in [0.1, 0.15) is 25.0 Å². The van der Waals surface area contributed by atoms with Gasteiger partial charge in [-0.3, -0.25) is 0 Å². The zero-order valence-corrected chi connectivity index (χ0v) is 33.0. The molecule has 0 saturated carbocycles. The molecule has 0 amide bonds. The van der Waals surface area contributed by atoms with Crippen molar-refractivity contribution in [2.45, 2.75) is 19.3 Å². The lowest BCUT2D eigenvalue weighted by Crippen LogP contribution is -2.15. The zero-order valence-electron chi connectivity index (χ0n) is 33.0. The summed E-state index contributed by atoms with van der Waals surface area (Å²) in [5.74, 6) is 0. The Kier molecular flexibility index (Phi) is 7.31. The van der Waals surface area contributed by atoms with Gasteiger partial charge in [0.25, 0.3) is 0 Å². The van der Waals surface area contributed by atoms with Crippen LogP contribution in [-0.2, 0) is 5.41 Å². The molecule has 2 aromatic heterocycles. The third-order valence-corrected chi connectivity index (χ3v) is 12.9. The van der Waals surface area contributed by atoms with Gasteiger partial charge in [-0.15, -0.1) is 0 Å². The fraction of sp³-hybridized carbons (Fsp3) is 0.0526. The largest absolute Gasteiger partial charge is 0.309 e. The Hall–Kier alpha value is -7.42. The van der Waals surface area contributed by atoms with Crippen LogP contribution in [0.4, 0.5) is 0 Å². The van der Waals surface area contributed by atoms with Crippen LogP contribution in [0.15, 0.2) is 206 Å². The molecular weight excluding hydrogens is 713 g/mol. The van der Waals surface area contributed by atoms with Crippen LogP contribution in [0.25, 0.3) is 99.5 Å². The van der Waals surface area contributed by atoms with Gasteiger partial charge in [0, 0.05) is 38.3 Å². The third kappa shape index (κ3) is 5.13. The van der Waals surface area contributed by atoms with E-state index < -0.39 is 0 Å². The Balaban J connectivity index is 0.954. The van der Waals surface area contributed by atoms with E-state index in [4.69, 9.17) is 0 Å². The van der Waals surface area contributed by atoms with Crippen molar-refractivity contribution < 1.29 is 0 Å². The first-order chi connectivity index (χ1) is 29.0. The number of nitrogens with zero attached hydrogens (tertiary/aromatic N) is 2. The fourth-order valence-electron chi connectivity index (χ4n) is 10.0. The minimum absolute atomic E-state index is 0.0620. The lowest BCUT2D eigenvalue weighted by molar-refractivity contribution is 0.660. The van der Waals surface area contributed by atoms with Gasteiger partial charge in [0.05, 0.1) is 22.1 Å². The minimum Gasteiger partial charge on any atom is -0.309 e. The maximum atomic E-state index is 2.45. The summed E-state index contributed by atoms with van der Waals surface area (Å²) in [6, 6.07) is 76.1. The predicted octanol–water partition coefficient (Wildman–Crippen LogP) is 15.2. The van der Waals surface area contributed by atoms with Gasteiger partial charge in [-0.05, 0) is 116 Å². The van der Waals surface area contributed by atoms with Gasteiger partial charge in [0.15, 0.2) is 0 Å². The quantitative estimate of drug-likeness (QED) is 0.166. The number of aromatic nitrogens is 2. The molecular formula is C57H40N2. The van der Waals surface area contributed by atoms with E-state index in [9.17, 15) is 0 Å². The second-order valence-electron chi connectivity index (χ2n) is 16.6. The highest BCUT2D eigenvalue weighted by molar-refractivity contribution is 6.13. The van der Waals surface area contributed by atoms with Gasteiger partial charge in [0.2, 0.25) is 0 Å². The third-order valence-electron chi connectivity index (χ3n) is 12.9. The monoisotopic (exact) mass is 752 g/mol. The standard InChI is InChI=1S/C57H40N2/c1-57(2)51-20-9-6-17-45(51)46-30-29-44(36-52(46)57)59-54-22-11-8-19-48(54)50-35-42(28-32-56(50)59)41-27-31-55-49(34-41)47-18-7-10-21-53(47)58(55)43-16-12-15-40(33-43)39-25-23-38(24-26-39)37-13-4-3-5-14-37/h3-36H,1-2H3. The van der Waals surface area contributed by atoms with Gasteiger partial charge in [0.1, 0.15) is 0 Å². The molecule has 0 atom stereocenters. The lowest BCUT2D eigenvalue weighted by atomic mass is 9.82. The smallest absolute Gasteiger partial charge is 0.0541 e. The number of rotatable bonds is 5. The highest BCUT2D eigenvalue weighted by Crippen LogP contribution is 2.49. The van der Waals surface area contributed by atoms with Gasteiger partial charge in [-0.1, -0.05) is 159 Å². The summed E-state index contributed by atoms with van der Waals surface area (Å²) in [5.41, 5.74) is 19.9. The van der Waals surface area contributed by atoms with Gasteiger partial charge >= 0.3 is 0 Å². The topological polar surface area (TPSA) is 9.86 Å². The molecule has 1 aliphatic carbocycles. The molecule has 0 N–H and O–H groups in total. The van der Waals surface area contributed by atoms with Crippen molar-refractivity contribution in [3.8, 4) is 55.9 Å². The molecule has 12 rings (SSSR count). The Morgan fingerprint density at radius 2 is 0.746 bits per heavy atom. The molecule has 11 aromatic rings. The molecule has 0 bridgehead atoms. The minimum atomic E-state index is -0.0620. The Bertz CT molecular complexity index is 3450. The van der Waals surface area contributed by atoms with Crippen molar-refractivity contribution in [2.24, 2.45) is 0 Å². The molecule has 9 aromatic carbocycles. The first-order valence-corrected chi connectivity index (χ1v) is 20.6. The van der Waals surface area contributed by atoms with Crippen molar-refractivity contribution in [1.82, 2.24) is 9.13 Å². The summed E-state index contributed by atoms with van der Waals surface area (Å²) in [4.78, 5) is 0. The Morgan fingerprint density at radius 3 is 1.41 bits per heavy atom. The van der Waals surface area contributed by atoms with Crippen LogP contribution in [0.3, 0.4) is 0 Å². The Morgan fingerprint density at radius 1 is 0.288 bits per heavy atom. The molecule has 278 valence electrons. The van der Waals surface area contributed by atoms with Crippen molar-refractivity contribution >= 4 is 43.6 Å². The number of hydrogen-bond acceptors (Lipinski definition) is 0. The van der Waals surface area contributed by atoms with E-state index in [2.05, 4.69) is 229 Å². The fourth-order valence-corrected chi connectivity index (χ4v) is 10.0. The average Bonchev–Trinajstić information content (AvgIpc) is 3.89. The summed E-state index contributed by atoms with van der Waals surface area (Å²) < 4.78 is 4.87. The van der Waals surface area contributed by atoms with Crippen LogP contribution < -0.4 is 0 Å². The maximum Gasteiger partial charge on any atom is 0.0541 e. The molecule has 59 heavy (non-hydrogen) atoms.